The van der Waals surface area contributed by atoms with Crippen LogP contribution in [0, 0.1) is 0 Å². The molecule has 3 unspecified atom stereocenters. The molecule has 0 N–H and O–H groups in total. The van der Waals surface area contributed by atoms with E-state index in [1.165, 1.54) is 7.11 Å². The summed E-state index contributed by atoms with van der Waals surface area (Å²) in [5, 5.41) is 0.229. The van der Waals surface area contributed by atoms with Crippen LogP contribution in [0.25, 0.3) is 0 Å². The van der Waals surface area contributed by atoms with E-state index in [4.69, 9.17) is 0 Å². The van der Waals surface area contributed by atoms with Gasteiger partial charge in [-0.05, 0) is 26.8 Å². The fourth-order valence-corrected chi connectivity index (χ4v) is 3.35. The van der Waals surface area contributed by atoms with E-state index in [1.807, 2.05) is 6.92 Å². The van der Waals surface area contributed by atoms with Crippen LogP contribution in [0.3, 0.4) is 0 Å². The fraction of sp³-hybridized carbons (Fsp3) is 0.909. The first-order valence-corrected chi connectivity index (χ1v) is 7.12. The number of hydrogen-bond donors (Lipinski definition) is 0. The first-order chi connectivity index (χ1) is 7.56. The molecule has 1 saturated heterocycles. The molecule has 0 bridgehead atoms. The fourth-order valence-electron chi connectivity index (χ4n) is 1.96. The first-order valence-electron chi connectivity index (χ1n) is 5.74. The van der Waals surface area contributed by atoms with Crippen LogP contribution < -0.4 is 0 Å². The zero-order valence-electron chi connectivity index (χ0n) is 10.3. The minimum Gasteiger partial charge on any atom is -0.469 e. The van der Waals surface area contributed by atoms with E-state index < -0.39 is 10.8 Å². The molecular formula is C11H21NO3S. The number of hydrogen-bond acceptors (Lipinski definition) is 4. The molecular weight excluding hydrogens is 226 g/mol. The van der Waals surface area contributed by atoms with Crippen LogP contribution in [-0.4, -0.2) is 52.3 Å². The average molecular weight is 247 g/mol. The van der Waals surface area contributed by atoms with Crippen molar-refractivity contribution < 1.29 is 13.7 Å². The van der Waals surface area contributed by atoms with Crippen molar-refractivity contribution in [3.8, 4) is 0 Å². The molecule has 0 amide bonds. The van der Waals surface area contributed by atoms with E-state index in [2.05, 4.69) is 16.6 Å². The Morgan fingerprint density at radius 3 is 2.81 bits per heavy atom. The molecule has 0 saturated carbocycles. The zero-order valence-corrected chi connectivity index (χ0v) is 11.1. The predicted octanol–water partition coefficient (Wildman–Crippen LogP) is 0.781. The Bertz CT molecular complexity index is 270. The van der Waals surface area contributed by atoms with Crippen LogP contribution >= 0.6 is 0 Å². The summed E-state index contributed by atoms with van der Waals surface area (Å²) >= 11 is 0. The Kier molecular flexibility index (Phi) is 5.41. The SMILES string of the molecule is COC(=O)CCCN1CCS(=O)C(C)C1C. The van der Waals surface area contributed by atoms with Crippen molar-refractivity contribution in [2.75, 3.05) is 26.0 Å². The van der Waals surface area contributed by atoms with Gasteiger partial charge in [-0.1, -0.05) is 0 Å². The van der Waals surface area contributed by atoms with Gasteiger partial charge in [0.15, 0.2) is 0 Å². The van der Waals surface area contributed by atoms with Crippen LogP contribution in [-0.2, 0) is 20.3 Å². The Balaban J connectivity index is 2.32. The molecule has 16 heavy (non-hydrogen) atoms. The lowest BCUT2D eigenvalue weighted by molar-refractivity contribution is -0.140. The minimum absolute atomic E-state index is 0.152. The van der Waals surface area contributed by atoms with E-state index in [9.17, 15) is 9.00 Å². The molecule has 0 aromatic heterocycles. The van der Waals surface area contributed by atoms with Gasteiger partial charge < -0.3 is 4.74 Å². The van der Waals surface area contributed by atoms with Gasteiger partial charge in [-0.2, -0.15) is 0 Å². The first kappa shape index (κ1) is 13.6. The molecule has 1 aliphatic rings. The summed E-state index contributed by atoms with van der Waals surface area (Å²) in [6, 6.07) is 0.340. The van der Waals surface area contributed by atoms with Gasteiger partial charge in [0, 0.05) is 40.8 Å². The number of methoxy groups -OCH3 is 1. The van der Waals surface area contributed by atoms with Crippen LogP contribution in [0.5, 0.6) is 0 Å². The molecule has 0 spiro atoms. The summed E-state index contributed by atoms with van der Waals surface area (Å²) < 4.78 is 16.2. The van der Waals surface area contributed by atoms with Gasteiger partial charge in [-0.25, -0.2) is 0 Å². The van der Waals surface area contributed by atoms with Gasteiger partial charge in [0.2, 0.25) is 0 Å². The molecule has 3 atom stereocenters. The van der Waals surface area contributed by atoms with Crippen molar-refractivity contribution in [3.63, 3.8) is 0 Å². The third-order valence-corrected chi connectivity index (χ3v) is 5.11. The van der Waals surface area contributed by atoms with Gasteiger partial charge in [0.1, 0.15) is 0 Å². The monoisotopic (exact) mass is 247 g/mol. The normalized spacial score (nSPS) is 31.3. The number of carbonyl (C=O) groups excluding carboxylic acids is 1. The zero-order chi connectivity index (χ0) is 12.1. The maximum Gasteiger partial charge on any atom is 0.305 e. The highest BCUT2D eigenvalue weighted by molar-refractivity contribution is 7.85. The second kappa shape index (κ2) is 6.35. The van der Waals surface area contributed by atoms with Crippen LogP contribution in [0.15, 0.2) is 0 Å². The van der Waals surface area contributed by atoms with E-state index in [0.717, 1.165) is 25.3 Å². The van der Waals surface area contributed by atoms with E-state index in [0.29, 0.717) is 12.5 Å². The average Bonchev–Trinajstić information content (AvgIpc) is 2.29. The quantitative estimate of drug-likeness (QED) is 0.689. The minimum atomic E-state index is -0.685. The lowest BCUT2D eigenvalue weighted by Crippen LogP contribution is -2.50. The maximum absolute atomic E-state index is 11.6. The third-order valence-electron chi connectivity index (χ3n) is 3.30. The summed E-state index contributed by atoms with van der Waals surface area (Å²) in [4.78, 5) is 13.3. The number of esters is 1. The van der Waals surface area contributed by atoms with E-state index in [-0.39, 0.29) is 11.2 Å². The van der Waals surface area contributed by atoms with Crippen molar-refractivity contribution in [2.45, 2.75) is 38.0 Å². The van der Waals surface area contributed by atoms with Crippen molar-refractivity contribution in [3.05, 3.63) is 0 Å². The summed E-state index contributed by atoms with van der Waals surface area (Å²) in [7, 11) is 0.729. The highest BCUT2D eigenvalue weighted by atomic mass is 32.2. The van der Waals surface area contributed by atoms with Crippen molar-refractivity contribution in [2.24, 2.45) is 0 Å². The standard InChI is InChI=1S/C11H21NO3S/c1-9-10(2)16(14)8-7-12(9)6-4-5-11(13)15-3/h9-10H,4-8H2,1-3H3. The molecule has 5 heteroatoms. The number of carbonyl (C=O) groups is 1. The van der Waals surface area contributed by atoms with Gasteiger partial charge in [-0.15, -0.1) is 0 Å². The summed E-state index contributed by atoms with van der Waals surface area (Å²) in [6.07, 6.45) is 1.29. The lowest BCUT2D eigenvalue weighted by atomic mass is 10.2. The second-order valence-corrected chi connectivity index (χ2v) is 6.16. The molecule has 1 heterocycles. The van der Waals surface area contributed by atoms with E-state index >= 15 is 0 Å². The molecule has 0 aromatic carbocycles. The maximum atomic E-state index is 11.6. The predicted molar refractivity (Wildman–Crippen MR) is 64.8 cm³/mol. The number of rotatable bonds is 4. The van der Waals surface area contributed by atoms with Crippen LogP contribution in [0.4, 0.5) is 0 Å². The van der Waals surface area contributed by atoms with Crippen molar-refractivity contribution in [1.29, 1.82) is 0 Å². The molecule has 4 nitrogen and oxygen atoms in total. The largest absolute Gasteiger partial charge is 0.469 e. The Morgan fingerprint density at radius 1 is 1.50 bits per heavy atom. The van der Waals surface area contributed by atoms with Crippen LogP contribution in [0.1, 0.15) is 26.7 Å². The third kappa shape index (κ3) is 3.56. The van der Waals surface area contributed by atoms with Crippen LogP contribution in [0.2, 0.25) is 0 Å². The lowest BCUT2D eigenvalue weighted by Gasteiger charge is -2.37. The summed E-state index contributed by atoms with van der Waals surface area (Å²) in [5.74, 6) is 0.602. The molecule has 1 rings (SSSR count). The molecule has 0 radical (unpaired) electrons. The molecule has 0 aliphatic carbocycles. The number of ether oxygens (including phenoxy) is 1. The van der Waals surface area contributed by atoms with E-state index in [1.54, 1.807) is 0 Å². The molecule has 94 valence electrons. The smallest absolute Gasteiger partial charge is 0.305 e. The highest BCUT2D eigenvalue weighted by Gasteiger charge is 2.29. The van der Waals surface area contributed by atoms with Crippen molar-refractivity contribution in [1.82, 2.24) is 4.90 Å². The molecule has 1 aliphatic heterocycles. The topological polar surface area (TPSA) is 46.6 Å². The van der Waals surface area contributed by atoms with Gasteiger partial charge in [-0.3, -0.25) is 13.9 Å². The van der Waals surface area contributed by atoms with Crippen molar-refractivity contribution >= 4 is 16.8 Å². The van der Waals surface area contributed by atoms with Gasteiger partial charge >= 0.3 is 5.97 Å². The Morgan fingerprint density at radius 2 is 2.19 bits per heavy atom. The van der Waals surface area contributed by atoms with Gasteiger partial charge in [0.05, 0.1) is 7.11 Å². The summed E-state index contributed by atoms with van der Waals surface area (Å²) in [5.41, 5.74) is 0. The summed E-state index contributed by atoms with van der Waals surface area (Å²) in [6.45, 7) is 5.91. The molecule has 0 aromatic rings. The number of nitrogens with zero attached hydrogens (tertiary/aromatic N) is 1. The Hall–Kier alpha value is -0.420. The molecule has 1 fully saturated rings. The second-order valence-electron chi connectivity index (χ2n) is 4.25. The Labute approximate surface area is 99.8 Å². The highest BCUT2D eigenvalue weighted by Crippen LogP contribution is 2.16. The van der Waals surface area contributed by atoms with Gasteiger partial charge in [0.25, 0.3) is 0 Å².